The number of nitrogens with one attached hydrogen (secondary N) is 1. The first kappa shape index (κ1) is 11.1. The second kappa shape index (κ2) is 3.72. The maximum atomic E-state index is 12.1. The average Bonchev–Trinajstić information content (AvgIpc) is 2.94. The summed E-state index contributed by atoms with van der Waals surface area (Å²) in [5, 5.41) is 2.92. The predicted octanol–water partition coefficient (Wildman–Crippen LogP) is 0.771. The molecule has 1 aliphatic carbocycles. The highest BCUT2D eigenvalue weighted by Gasteiger charge is 2.45. The summed E-state index contributed by atoms with van der Waals surface area (Å²) in [5.74, 6) is 1.42. The summed E-state index contributed by atoms with van der Waals surface area (Å²) in [5.41, 5.74) is 0.156. The monoisotopic (exact) mass is 236 g/mol. The summed E-state index contributed by atoms with van der Waals surface area (Å²) >= 11 is 0. The Hall–Kier alpha value is -1.06. The van der Waals surface area contributed by atoms with Crippen LogP contribution in [0, 0.1) is 17.3 Å². The number of hydrogen-bond donors (Lipinski definition) is 1. The van der Waals surface area contributed by atoms with E-state index in [4.69, 9.17) is 0 Å². The van der Waals surface area contributed by atoms with Gasteiger partial charge in [0.15, 0.2) is 0 Å². The van der Waals surface area contributed by atoms with Gasteiger partial charge in [-0.05, 0) is 30.6 Å². The summed E-state index contributed by atoms with van der Waals surface area (Å²) < 4.78 is 0. The first-order valence-electron chi connectivity index (χ1n) is 6.65. The number of carbonyl (C=O) groups is 2. The zero-order valence-electron chi connectivity index (χ0n) is 10.4. The molecule has 0 aromatic carbocycles. The Kier molecular flexibility index (Phi) is 2.42. The van der Waals surface area contributed by atoms with Gasteiger partial charge in [0.1, 0.15) is 0 Å². The van der Waals surface area contributed by atoms with E-state index in [9.17, 15) is 9.59 Å². The maximum absolute atomic E-state index is 12.1. The lowest BCUT2D eigenvalue weighted by Crippen LogP contribution is -2.44. The molecule has 3 aliphatic rings. The van der Waals surface area contributed by atoms with Crippen LogP contribution in [0.5, 0.6) is 0 Å². The van der Waals surface area contributed by atoms with Gasteiger partial charge < -0.3 is 10.2 Å². The van der Waals surface area contributed by atoms with Gasteiger partial charge in [-0.2, -0.15) is 0 Å². The van der Waals surface area contributed by atoms with Crippen molar-refractivity contribution in [2.45, 2.75) is 32.6 Å². The summed E-state index contributed by atoms with van der Waals surface area (Å²) in [4.78, 5) is 25.4. The Balaban J connectivity index is 1.57. The number of rotatable bonds is 1. The molecule has 1 N–H and O–H groups in total. The van der Waals surface area contributed by atoms with Crippen molar-refractivity contribution in [3.05, 3.63) is 0 Å². The molecule has 1 saturated carbocycles. The minimum atomic E-state index is 0.156. The maximum Gasteiger partial charge on any atom is 0.225 e. The molecule has 2 aliphatic heterocycles. The van der Waals surface area contributed by atoms with Crippen molar-refractivity contribution < 1.29 is 9.59 Å². The fourth-order valence-electron chi connectivity index (χ4n) is 3.21. The molecule has 2 amide bonds. The first-order valence-corrected chi connectivity index (χ1v) is 6.65. The van der Waals surface area contributed by atoms with E-state index < -0.39 is 0 Å². The highest BCUT2D eigenvalue weighted by Crippen LogP contribution is 2.42. The van der Waals surface area contributed by atoms with Crippen LogP contribution in [0.4, 0.5) is 0 Å². The lowest BCUT2D eigenvalue weighted by Gasteiger charge is -2.38. The molecule has 3 fully saturated rings. The van der Waals surface area contributed by atoms with Crippen molar-refractivity contribution in [1.82, 2.24) is 10.2 Å². The van der Waals surface area contributed by atoms with Crippen LogP contribution in [0.2, 0.25) is 0 Å². The zero-order chi connectivity index (χ0) is 12.0. The van der Waals surface area contributed by atoms with E-state index in [1.54, 1.807) is 0 Å². The van der Waals surface area contributed by atoms with Crippen molar-refractivity contribution in [3.63, 3.8) is 0 Å². The van der Waals surface area contributed by atoms with Crippen LogP contribution in [0.1, 0.15) is 32.6 Å². The molecule has 2 atom stereocenters. The average molecular weight is 236 g/mol. The summed E-state index contributed by atoms with van der Waals surface area (Å²) in [6, 6.07) is 0. The van der Waals surface area contributed by atoms with Gasteiger partial charge in [-0.15, -0.1) is 0 Å². The molecule has 2 saturated heterocycles. The molecule has 3 rings (SSSR count). The molecular weight excluding hydrogens is 216 g/mol. The second-order valence-corrected chi connectivity index (χ2v) is 6.10. The Morgan fingerprint density at radius 2 is 2.06 bits per heavy atom. The molecular formula is C13H20N2O2. The van der Waals surface area contributed by atoms with Crippen LogP contribution < -0.4 is 5.32 Å². The van der Waals surface area contributed by atoms with E-state index in [1.165, 1.54) is 0 Å². The summed E-state index contributed by atoms with van der Waals surface area (Å²) in [6.45, 7) is 4.65. The predicted molar refractivity (Wildman–Crippen MR) is 63.1 cm³/mol. The number of hydrogen-bond acceptors (Lipinski definition) is 2. The topological polar surface area (TPSA) is 49.4 Å². The normalized spacial score (nSPS) is 34.9. The molecule has 17 heavy (non-hydrogen) atoms. The summed E-state index contributed by atoms with van der Waals surface area (Å²) in [7, 11) is 0. The van der Waals surface area contributed by atoms with Gasteiger partial charge in [-0.3, -0.25) is 9.59 Å². The molecule has 0 unspecified atom stereocenters. The third-order valence-corrected chi connectivity index (χ3v) is 4.76. The van der Waals surface area contributed by atoms with Gasteiger partial charge in [-0.25, -0.2) is 0 Å². The molecule has 2 heterocycles. The Morgan fingerprint density at radius 1 is 1.41 bits per heavy atom. The summed E-state index contributed by atoms with van der Waals surface area (Å²) in [6.07, 6.45) is 3.70. The molecule has 4 nitrogen and oxygen atoms in total. The van der Waals surface area contributed by atoms with Crippen molar-refractivity contribution >= 4 is 11.8 Å². The highest BCUT2D eigenvalue weighted by molar-refractivity contribution is 5.82. The van der Waals surface area contributed by atoms with E-state index in [2.05, 4.69) is 12.2 Å². The molecule has 94 valence electrons. The van der Waals surface area contributed by atoms with Crippen LogP contribution >= 0.6 is 0 Å². The van der Waals surface area contributed by atoms with Crippen LogP contribution in [0.25, 0.3) is 0 Å². The van der Waals surface area contributed by atoms with E-state index in [0.29, 0.717) is 24.2 Å². The number of piperidine rings is 1. The fourth-order valence-corrected chi connectivity index (χ4v) is 3.21. The minimum absolute atomic E-state index is 0.156. The Bertz CT molecular complexity index is 358. The van der Waals surface area contributed by atoms with Gasteiger partial charge in [0, 0.05) is 32.0 Å². The second-order valence-electron chi connectivity index (χ2n) is 6.10. The van der Waals surface area contributed by atoms with Gasteiger partial charge in [-0.1, -0.05) is 6.92 Å². The fraction of sp³-hybridized carbons (Fsp3) is 0.846. The lowest BCUT2D eigenvalue weighted by atomic mass is 9.77. The third kappa shape index (κ3) is 1.94. The molecule has 0 aromatic heterocycles. The van der Waals surface area contributed by atoms with Crippen LogP contribution in [-0.4, -0.2) is 36.3 Å². The zero-order valence-corrected chi connectivity index (χ0v) is 10.4. The Morgan fingerprint density at radius 3 is 2.53 bits per heavy atom. The number of likely N-dealkylation sites (tertiary alicyclic amines) is 1. The third-order valence-electron chi connectivity index (χ3n) is 4.76. The van der Waals surface area contributed by atoms with Gasteiger partial charge in [0.25, 0.3) is 0 Å². The molecule has 0 bridgehead atoms. The van der Waals surface area contributed by atoms with E-state index >= 15 is 0 Å². The van der Waals surface area contributed by atoms with Crippen LogP contribution in [0.3, 0.4) is 0 Å². The number of nitrogens with zero attached hydrogens (tertiary/aromatic N) is 1. The van der Waals surface area contributed by atoms with E-state index in [-0.39, 0.29) is 11.3 Å². The highest BCUT2D eigenvalue weighted by atomic mass is 16.2. The standard InChI is InChI=1S/C13H20N2O2/c1-9-6-10(9)12(17)15-4-2-13(3-5-15)7-11(16)14-8-13/h9-10H,2-8H2,1H3,(H,14,16)/t9-,10+/m0/s1. The van der Waals surface area contributed by atoms with Crippen LogP contribution in [-0.2, 0) is 9.59 Å². The largest absolute Gasteiger partial charge is 0.356 e. The minimum Gasteiger partial charge on any atom is -0.356 e. The van der Waals surface area contributed by atoms with E-state index in [1.807, 2.05) is 4.90 Å². The molecule has 0 aromatic rings. The number of amides is 2. The van der Waals surface area contributed by atoms with Gasteiger partial charge in [0.05, 0.1) is 0 Å². The molecule has 0 radical (unpaired) electrons. The van der Waals surface area contributed by atoms with E-state index in [0.717, 1.165) is 38.9 Å². The van der Waals surface area contributed by atoms with Crippen molar-refractivity contribution in [2.24, 2.45) is 17.3 Å². The van der Waals surface area contributed by atoms with Crippen molar-refractivity contribution in [2.75, 3.05) is 19.6 Å². The first-order chi connectivity index (χ1) is 8.10. The Labute approximate surface area is 102 Å². The van der Waals surface area contributed by atoms with Crippen molar-refractivity contribution in [1.29, 1.82) is 0 Å². The molecule has 1 spiro atoms. The SMILES string of the molecule is C[C@H]1C[C@H]1C(=O)N1CCC2(CC1)CNC(=O)C2. The van der Waals surface area contributed by atoms with Crippen LogP contribution in [0.15, 0.2) is 0 Å². The molecule has 4 heteroatoms. The van der Waals surface area contributed by atoms with Gasteiger partial charge in [0.2, 0.25) is 11.8 Å². The van der Waals surface area contributed by atoms with Gasteiger partial charge >= 0.3 is 0 Å². The van der Waals surface area contributed by atoms with Crippen molar-refractivity contribution in [3.8, 4) is 0 Å². The quantitative estimate of drug-likeness (QED) is 0.731. The smallest absolute Gasteiger partial charge is 0.225 e. The lowest BCUT2D eigenvalue weighted by molar-refractivity contribution is -0.135. The number of carbonyl (C=O) groups excluding carboxylic acids is 2.